The molecule has 0 fully saturated rings. The van der Waals surface area contributed by atoms with E-state index in [2.05, 4.69) is 4.98 Å². The average Bonchev–Trinajstić information content (AvgIpc) is 3.27. The number of benzene rings is 2. The topological polar surface area (TPSA) is 110 Å². The van der Waals surface area contributed by atoms with Gasteiger partial charge in [0.05, 0.1) is 10.5 Å². The summed E-state index contributed by atoms with van der Waals surface area (Å²) in [6, 6.07) is 17.4. The number of hydrogen-bond acceptors (Lipinski definition) is 5. The van der Waals surface area contributed by atoms with Crippen LogP contribution in [0.1, 0.15) is 47.8 Å². The number of aryl methyl sites for hydroxylation is 1. The zero-order valence-corrected chi connectivity index (χ0v) is 22.5. The van der Waals surface area contributed by atoms with E-state index in [0.717, 1.165) is 15.1 Å². The van der Waals surface area contributed by atoms with Gasteiger partial charge in [0.1, 0.15) is 5.54 Å². The van der Waals surface area contributed by atoms with Gasteiger partial charge in [-0.3, -0.25) is 4.79 Å². The maximum Gasteiger partial charge on any atom is 0.330 e. The Morgan fingerprint density at radius 2 is 1.68 bits per heavy atom. The Morgan fingerprint density at radius 1 is 1.03 bits per heavy atom. The minimum absolute atomic E-state index is 0.00977. The second kappa shape index (κ2) is 8.80. The van der Waals surface area contributed by atoms with Crippen LogP contribution < -0.4 is 0 Å². The number of carboxylic acids is 1. The fourth-order valence-corrected chi connectivity index (χ4v) is 6.68. The number of amides is 1. The number of pyridine rings is 1. The molecule has 0 spiro atoms. The number of hydrogen-bond donors (Lipinski definition) is 1. The SMILES string of the molecule is Cc1ccc(S(=O)(=O)n2cc3c4c(ccnc42)CN([C@@](Cc2ccccc2)(C(=O)O)C(C)(C)C)C3=O)cc1. The molecule has 1 atom stereocenters. The van der Waals surface area contributed by atoms with Gasteiger partial charge in [-0.15, -0.1) is 0 Å². The third-order valence-electron chi connectivity index (χ3n) is 7.48. The minimum Gasteiger partial charge on any atom is -0.479 e. The summed E-state index contributed by atoms with van der Waals surface area (Å²) in [5, 5.41) is 11.2. The maximum atomic E-state index is 14.1. The number of carbonyl (C=O) groups excluding carboxylic acids is 1. The van der Waals surface area contributed by atoms with Crippen molar-refractivity contribution in [1.29, 1.82) is 0 Å². The Morgan fingerprint density at radius 3 is 2.29 bits per heavy atom. The normalized spacial score (nSPS) is 15.5. The summed E-state index contributed by atoms with van der Waals surface area (Å²) in [7, 11) is -4.06. The predicted molar refractivity (Wildman–Crippen MR) is 143 cm³/mol. The summed E-state index contributed by atoms with van der Waals surface area (Å²) in [5.41, 5.74) is 0.116. The molecule has 8 nitrogen and oxygen atoms in total. The first-order valence-corrected chi connectivity index (χ1v) is 13.7. The summed E-state index contributed by atoms with van der Waals surface area (Å²) in [6.07, 6.45) is 2.86. The van der Waals surface area contributed by atoms with Crippen LogP contribution >= 0.6 is 0 Å². The average molecular weight is 532 g/mol. The van der Waals surface area contributed by atoms with Gasteiger partial charge in [0, 0.05) is 30.7 Å². The van der Waals surface area contributed by atoms with Gasteiger partial charge in [-0.05, 0) is 41.7 Å². The highest BCUT2D eigenvalue weighted by molar-refractivity contribution is 7.90. The number of aromatic nitrogens is 2. The molecule has 0 unspecified atom stereocenters. The number of nitrogens with zero attached hydrogens (tertiary/aromatic N) is 3. The Labute approximate surface area is 221 Å². The van der Waals surface area contributed by atoms with Crippen molar-refractivity contribution in [2.75, 3.05) is 0 Å². The molecule has 38 heavy (non-hydrogen) atoms. The monoisotopic (exact) mass is 531 g/mol. The van der Waals surface area contributed by atoms with Crippen molar-refractivity contribution in [3.8, 4) is 0 Å². The van der Waals surface area contributed by atoms with Crippen LogP contribution in [0.2, 0.25) is 0 Å². The summed E-state index contributed by atoms with van der Waals surface area (Å²) >= 11 is 0. The molecule has 0 saturated carbocycles. The lowest BCUT2D eigenvalue weighted by Crippen LogP contribution is -2.65. The van der Waals surface area contributed by atoms with Gasteiger partial charge in [-0.25, -0.2) is 22.2 Å². The Hall–Kier alpha value is -3.98. The zero-order chi connectivity index (χ0) is 27.5. The highest BCUT2D eigenvalue weighted by Crippen LogP contribution is 2.44. The summed E-state index contributed by atoms with van der Waals surface area (Å²) in [6.45, 7) is 7.30. The first-order chi connectivity index (χ1) is 17.9. The first-order valence-electron chi connectivity index (χ1n) is 12.3. The van der Waals surface area contributed by atoms with Crippen LogP contribution in [0, 0.1) is 12.3 Å². The Balaban J connectivity index is 1.70. The molecule has 0 bridgehead atoms. The molecule has 9 heteroatoms. The van der Waals surface area contributed by atoms with Crippen molar-refractivity contribution in [2.45, 2.75) is 51.1 Å². The lowest BCUT2D eigenvalue weighted by Gasteiger charge is -2.50. The van der Waals surface area contributed by atoms with Gasteiger partial charge in [-0.1, -0.05) is 68.8 Å². The van der Waals surface area contributed by atoms with Gasteiger partial charge >= 0.3 is 5.97 Å². The van der Waals surface area contributed by atoms with E-state index < -0.39 is 32.9 Å². The van der Waals surface area contributed by atoms with Gasteiger partial charge in [0.25, 0.3) is 15.9 Å². The van der Waals surface area contributed by atoms with Crippen molar-refractivity contribution >= 4 is 32.9 Å². The molecule has 2 aromatic carbocycles. The van der Waals surface area contributed by atoms with Gasteiger partial charge in [-0.2, -0.15) is 0 Å². The Kier molecular flexibility index (Phi) is 5.94. The molecule has 196 valence electrons. The van der Waals surface area contributed by atoms with E-state index in [1.165, 1.54) is 29.4 Å². The molecule has 1 N–H and O–H groups in total. The van der Waals surface area contributed by atoms with Crippen molar-refractivity contribution < 1.29 is 23.1 Å². The van der Waals surface area contributed by atoms with Crippen molar-refractivity contribution in [3.63, 3.8) is 0 Å². The summed E-state index contributed by atoms with van der Waals surface area (Å²) < 4.78 is 28.3. The molecule has 1 amide bonds. The van der Waals surface area contributed by atoms with E-state index in [0.29, 0.717) is 10.9 Å². The molecule has 5 rings (SSSR count). The molecule has 4 aromatic rings. The van der Waals surface area contributed by atoms with Crippen LogP contribution in [0.3, 0.4) is 0 Å². The third kappa shape index (κ3) is 3.80. The number of carboxylic acid groups (broad SMARTS) is 1. The Bertz CT molecular complexity index is 1670. The highest BCUT2D eigenvalue weighted by atomic mass is 32.2. The molecule has 1 aliphatic rings. The van der Waals surface area contributed by atoms with Crippen molar-refractivity contribution in [1.82, 2.24) is 13.9 Å². The zero-order valence-electron chi connectivity index (χ0n) is 21.7. The molecule has 0 saturated heterocycles. The minimum atomic E-state index is -4.06. The van der Waals surface area contributed by atoms with Crippen LogP contribution in [0.5, 0.6) is 0 Å². The van der Waals surface area contributed by atoms with E-state index in [9.17, 15) is 23.1 Å². The van der Waals surface area contributed by atoms with E-state index in [1.54, 1.807) is 18.2 Å². The highest BCUT2D eigenvalue weighted by Gasteiger charge is 2.56. The van der Waals surface area contributed by atoms with Gasteiger partial charge in [0.15, 0.2) is 5.65 Å². The number of rotatable bonds is 6. The van der Waals surface area contributed by atoms with Crippen LogP contribution in [0.15, 0.2) is 78.0 Å². The van der Waals surface area contributed by atoms with E-state index in [1.807, 2.05) is 58.0 Å². The second-order valence-corrected chi connectivity index (χ2v) is 12.6. The summed E-state index contributed by atoms with van der Waals surface area (Å²) in [5.74, 6) is -1.66. The lowest BCUT2D eigenvalue weighted by molar-refractivity contribution is -0.158. The molecule has 2 aromatic heterocycles. The van der Waals surface area contributed by atoms with Crippen molar-refractivity contribution in [2.24, 2.45) is 5.41 Å². The lowest BCUT2D eigenvalue weighted by atomic mass is 9.68. The van der Waals surface area contributed by atoms with Crippen LogP contribution in [-0.4, -0.2) is 44.8 Å². The van der Waals surface area contributed by atoms with Gasteiger partial charge in [0.2, 0.25) is 0 Å². The molecular formula is C29H29N3O5S. The molecule has 3 heterocycles. The van der Waals surface area contributed by atoms with Crippen molar-refractivity contribution in [3.05, 3.63) is 95.3 Å². The standard InChI is InChI=1S/C29H29N3O5S/c1-19-10-12-22(13-11-19)38(36,37)32-18-23-24-21(14-15-30-25(24)32)17-31(26(23)33)29(27(34)35,28(2,3)4)16-20-8-6-5-7-9-20/h5-15,18H,16-17H2,1-4H3,(H,34,35)/t29-/m0/s1. The molecular weight excluding hydrogens is 502 g/mol. The van der Waals surface area contributed by atoms with E-state index >= 15 is 0 Å². The second-order valence-electron chi connectivity index (χ2n) is 10.8. The fourth-order valence-electron chi connectivity index (χ4n) is 5.36. The van der Waals surface area contributed by atoms with E-state index in [4.69, 9.17) is 0 Å². The first kappa shape index (κ1) is 25.7. The predicted octanol–water partition coefficient (Wildman–Crippen LogP) is 4.65. The van der Waals surface area contributed by atoms with Crippen LogP contribution in [0.25, 0.3) is 11.0 Å². The maximum absolute atomic E-state index is 14.1. The summed E-state index contributed by atoms with van der Waals surface area (Å²) in [4.78, 5) is 33.1. The third-order valence-corrected chi connectivity index (χ3v) is 9.15. The van der Waals surface area contributed by atoms with Crippen LogP contribution in [0.4, 0.5) is 0 Å². The quantitative estimate of drug-likeness (QED) is 0.388. The van der Waals surface area contributed by atoms with Crippen LogP contribution in [-0.2, 0) is 27.8 Å². The molecule has 1 aliphatic heterocycles. The largest absolute Gasteiger partial charge is 0.479 e. The van der Waals surface area contributed by atoms with Gasteiger partial charge < -0.3 is 10.0 Å². The smallest absolute Gasteiger partial charge is 0.330 e. The molecule has 0 radical (unpaired) electrons. The number of carbonyl (C=O) groups is 2. The van der Waals surface area contributed by atoms with E-state index in [-0.39, 0.29) is 29.1 Å². The number of aliphatic carboxylic acids is 1. The fraction of sp³-hybridized carbons (Fsp3) is 0.276. The molecule has 0 aliphatic carbocycles.